The standard InChI is InChI=1S/C19H20BrFN2O/c1-13-10-15(20)4-9-18(13)22-19(24)12-23(17-7-8-17)11-14-2-5-16(21)6-3-14/h2-6,9-10,17H,7-8,11-12H2,1H3,(H,22,24)/p+1. The van der Waals surface area contributed by atoms with Crippen molar-refractivity contribution < 1.29 is 14.1 Å². The van der Waals surface area contributed by atoms with Crippen LogP contribution in [0.25, 0.3) is 0 Å². The van der Waals surface area contributed by atoms with Gasteiger partial charge in [-0.3, -0.25) is 4.79 Å². The molecule has 0 radical (unpaired) electrons. The smallest absolute Gasteiger partial charge is 0.279 e. The number of hydrogen-bond donors (Lipinski definition) is 2. The number of amides is 1. The van der Waals surface area contributed by atoms with Gasteiger partial charge in [0.2, 0.25) is 0 Å². The molecule has 24 heavy (non-hydrogen) atoms. The van der Waals surface area contributed by atoms with E-state index in [9.17, 15) is 9.18 Å². The van der Waals surface area contributed by atoms with Crippen LogP contribution in [0.2, 0.25) is 0 Å². The molecule has 3 rings (SSSR count). The molecule has 3 nitrogen and oxygen atoms in total. The SMILES string of the molecule is Cc1cc(Br)ccc1NC(=O)C[NH+](Cc1ccc(F)cc1)C1CC1. The molecule has 0 aromatic heterocycles. The van der Waals surface area contributed by atoms with Crippen LogP contribution < -0.4 is 10.2 Å². The number of benzene rings is 2. The number of carbonyl (C=O) groups is 1. The van der Waals surface area contributed by atoms with Crippen molar-refractivity contribution in [2.75, 3.05) is 11.9 Å². The molecule has 0 aliphatic heterocycles. The maximum Gasteiger partial charge on any atom is 0.279 e. The first-order chi connectivity index (χ1) is 11.5. The van der Waals surface area contributed by atoms with Gasteiger partial charge in [-0.25, -0.2) is 4.39 Å². The van der Waals surface area contributed by atoms with Crippen LogP contribution in [0.1, 0.15) is 24.0 Å². The van der Waals surface area contributed by atoms with Gasteiger partial charge in [0.1, 0.15) is 12.4 Å². The fourth-order valence-corrected chi connectivity index (χ4v) is 3.35. The van der Waals surface area contributed by atoms with E-state index in [1.165, 1.54) is 17.0 Å². The Hall–Kier alpha value is -1.72. The van der Waals surface area contributed by atoms with Gasteiger partial charge in [-0.2, -0.15) is 0 Å². The number of hydrogen-bond acceptors (Lipinski definition) is 1. The molecule has 1 aliphatic carbocycles. The first-order valence-corrected chi connectivity index (χ1v) is 8.95. The molecule has 1 fully saturated rings. The number of rotatable bonds is 6. The first-order valence-electron chi connectivity index (χ1n) is 8.16. The van der Waals surface area contributed by atoms with E-state index in [0.717, 1.165) is 40.7 Å². The summed E-state index contributed by atoms with van der Waals surface area (Å²) in [6.07, 6.45) is 2.31. The lowest BCUT2D eigenvalue weighted by Crippen LogP contribution is -3.13. The highest BCUT2D eigenvalue weighted by Crippen LogP contribution is 2.20. The van der Waals surface area contributed by atoms with Crippen molar-refractivity contribution in [3.05, 3.63) is 63.9 Å². The maximum atomic E-state index is 13.0. The first kappa shape index (κ1) is 17.1. The predicted molar refractivity (Wildman–Crippen MR) is 96.5 cm³/mol. The van der Waals surface area contributed by atoms with Crippen LogP contribution in [-0.2, 0) is 11.3 Å². The lowest BCUT2D eigenvalue weighted by molar-refractivity contribution is -0.916. The highest BCUT2D eigenvalue weighted by Gasteiger charge is 2.34. The van der Waals surface area contributed by atoms with Gasteiger partial charge in [0.25, 0.3) is 5.91 Å². The van der Waals surface area contributed by atoms with Gasteiger partial charge in [-0.1, -0.05) is 28.1 Å². The summed E-state index contributed by atoms with van der Waals surface area (Å²) in [6, 6.07) is 12.9. The van der Waals surface area contributed by atoms with Crippen molar-refractivity contribution in [1.29, 1.82) is 0 Å². The highest BCUT2D eigenvalue weighted by atomic mass is 79.9. The zero-order chi connectivity index (χ0) is 17.1. The van der Waals surface area contributed by atoms with Gasteiger partial charge in [0.05, 0.1) is 6.04 Å². The van der Waals surface area contributed by atoms with Crippen molar-refractivity contribution in [2.45, 2.75) is 32.4 Å². The fraction of sp³-hybridized carbons (Fsp3) is 0.316. The third kappa shape index (κ3) is 4.65. The minimum atomic E-state index is -0.227. The number of nitrogens with one attached hydrogen (secondary N) is 2. The number of anilines is 1. The number of aryl methyl sites for hydroxylation is 1. The Morgan fingerprint density at radius 2 is 1.96 bits per heavy atom. The highest BCUT2D eigenvalue weighted by molar-refractivity contribution is 9.10. The Labute approximate surface area is 150 Å². The fourth-order valence-electron chi connectivity index (χ4n) is 2.88. The summed E-state index contributed by atoms with van der Waals surface area (Å²) in [5.74, 6) is -0.209. The van der Waals surface area contributed by atoms with Crippen molar-refractivity contribution in [3.63, 3.8) is 0 Å². The molecule has 1 amide bonds. The number of halogens is 2. The molecule has 2 aromatic carbocycles. The second-order valence-corrected chi connectivity index (χ2v) is 7.34. The van der Waals surface area contributed by atoms with E-state index in [0.29, 0.717) is 12.6 Å². The average molecular weight is 392 g/mol. The summed E-state index contributed by atoms with van der Waals surface area (Å²) >= 11 is 3.43. The van der Waals surface area contributed by atoms with Crippen LogP contribution >= 0.6 is 15.9 Å². The molecule has 2 N–H and O–H groups in total. The lowest BCUT2D eigenvalue weighted by Gasteiger charge is -2.19. The molecule has 0 bridgehead atoms. The molecule has 5 heteroatoms. The van der Waals surface area contributed by atoms with Gasteiger partial charge in [-0.15, -0.1) is 0 Å². The van der Waals surface area contributed by atoms with E-state index in [4.69, 9.17) is 0 Å². The van der Waals surface area contributed by atoms with E-state index in [1.54, 1.807) is 12.1 Å². The second-order valence-electron chi connectivity index (χ2n) is 6.42. The van der Waals surface area contributed by atoms with Gasteiger partial charge in [-0.05, 0) is 42.8 Å². The molecular formula is C19H21BrFN2O+. The van der Waals surface area contributed by atoms with Crippen molar-refractivity contribution in [2.24, 2.45) is 0 Å². The molecule has 0 spiro atoms. The van der Waals surface area contributed by atoms with Crippen molar-refractivity contribution in [3.8, 4) is 0 Å². The summed E-state index contributed by atoms with van der Waals surface area (Å²) in [6.45, 7) is 3.15. The van der Waals surface area contributed by atoms with E-state index < -0.39 is 0 Å². The number of carbonyl (C=O) groups excluding carboxylic acids is 1. The molecule has 1 aliphatic rings. The topological polar surface area (TPSA) is 33.5 Å². The summed E-state index contributed by atoms with van der Waals surface area (Å²) in [5, 5.41) is 3.00. The Morgan fingerprint density at radius 3 is 2.58 bits per heavy atom. The largest absolute Gasteiger partial charge is 0.321 e. The molecule has 2 aromatic rings. The van der Waals surface area contributed by atoms with Crippen LogP contribution in [0.3, 0.4) is 0 Å². The normalized spacial score (nSPS) is 15.1. The third-order valence-electron chi connectivity index (χ3n) is 4.35. The van der Waals surface area contributed by atoms with Crippen molar-refractivity contribution >= 4 is 27.5 Å². The molecule has 1 atom stereocenters. The van der Waals surface area contributed by atoms with E-state index >= 15 is 0 Å². The Morgan fingerprint density at radius 1 is 1.25 bits per heavy atom. The van der Waals surface area contributed by atoms with Gasteiger partial charge in [0.15, 0.2) is 6.54 Å². The minimum Gasteiger partial charge on any atom is -0.321 e. The Balaban J connectivity index is 1.62. The minimum absolute atomic E-state index is 0.0180. The quantitative estimate of drug-likeness (QED) is 0.779. The Bertz CT molecular complexity index is 729. The lowest BCUT2D eigenvalue weighted by atomic mass is 10.2. The molecular weight excluding hydrogens is 371 g/mol. The molecule has 0 heterocycles. The molecule has 126 valence electrons. The Kier molecular flexibility index (Phi) is 5.31. The van der Waals surface area contributed by atoms with E-state index in [2.05, 4.69) is 21.2 Å². The summed E-state index contributed by atoms with van der Waals surface area (Å²) < 4.78 is 14.0. The van der Waals surface area contributed by atoms with Gasteiger partial charge < -0.3 is 10.2 Å². The van der Waals surface area contributed by atoms with Crippen molar-refractivity contribution in [1.82, 2.24) is 0 Å². The molecule has 1 saturated carbocycles. The van der Waals surface area contributed by atoms with Gasteiger partial charge >= 0.3 is 0 Å². The monoisotopic (exact) mass is 391 g/mol. The zero-order valence-electron chi connectivity index (χ0n) is 13.6. The average Bonchev–Trinajstić information content (AvgIpc) is 3.36. The van der Waals surface area contributed by atoms with Crippen LogP contribution in [0.5, 0.6) is 0 Å². The summed E-state index contributed by atoms with van der Waals surface area (Å²) in [7, 11) is 0. The van der Waals surface area contributed by atoms with E-state index in [-0.39, 0.29) is 11.7 Å². The molecule has 1 unspecified atom stereocenters. The second kappa shape index (κ2) is 7.45. The van der Waals surface area contributed by atoms with E-state index in [1.807, 2.05) is 25.1 Å². The van der Waals surface area contributed by atoms with Crippen LogP contribution in [0.4, 0.5) is 10.1 Å². The van der Waals surface area contributed by atoms with Crippen LogP contribution in [0.15, 0.2) is 46.9 Å². The third-order valence-corrected chi connectivity index (χ3v) is 4.84. The predicted octanol–water partition coefficient (Wildman–Crippen LogP) is 3.08. The molecule has 0 saturated heterocycles. The summed E-state index contributed by atoms with van der Waals surface area (Å²) in [4.78, 5) is 13.7. The summed E-state index contributed by atoms with van der Waals surface area (Å²) in [5.41, 5.74) is 2.94. The van der Waals surface area contributed by atoms with Crippen LogP contribution in [0, 0.1) is 12.7 Å². The zero-order valence-corrected chi connectivity index (χ0v) is 15.2. The maximum absolute atomic E-state index is 13.0. The number of quaternary nitrogens is 1. The van der Waals surface area contributed by atoms with Crippen LogP contribution in [-0.4, -0.2) is 18.5 Å². The van der Waals surface area contributed by atoms with Gasteiger partial charge in [0, 0.05) is 28.6 Å².